The molecule has 0 unspecified atom stereocenters. The van der Waals surface area contributed by atoms with E-state index in [0.717, 1.165) is 22.8 Å². The molecule has 0 aliphatic carbocycles. The highest BCUT2D eigenvalue weighted by molar-refractivity contribution is 5.86. The second-order valence-corrected chi connectivity index (χ2v) is 7.22. The van der Waals surface area contributed by atoms with E-state index < -0.39 is 11.5 Å². The highest BCUT2D eigenvalue weighted by Crippen LogP contribution is 2.40. The average Bonchev–Trinajstić information content (AvgIpc) is 3.16. The van der Waals surface area contributed by atoms with E-state index in [-0.39, 0.29) is 0 Å². The molecule has 0 atom stereocenters. The summed E-state index contributed by atoms with van der Waals surface area (Å²) in [6.07, 6.45) is 4.34. The minimum atomic E-state index is -1.00. The number of nitrogens with one attached hydrogen (secondary N) is 1. The Labute approximate surface area is 181 Å². The number of aliphatic carboxylic acids is 1. The Balaban J connectivity index is 1.99. The first-order chi connectivity index (χ1) is 15.1. The van der Waals surface area contributed by atoms with Gasteiger partial charge in [0, 0.05) is 18.7 Å². The van der Waals surface area contributed by atoms with Crippen LogP contribution in [-0.4, -0.2) is 20.9 Å². The Morgan fingerprint density at radius 2 is 1.32 bits per heavy atom. The lowest BCUT2D eigenvalue weighted by Gasteiger charge is -2.38. The maximum absolute atomic E-state index is 11.1. The summed E-state index contributed by atoms with van der Waals surface area (Å²) in [6, 6.07) is 30.7. The second-order valence-electron chi connectivity index (χ2n) is 7.22. The molecule has 4 rings (SSSR count). The molecule has 0 radical (unpaired) electrons. The predicted octanol–water partition coefficient (Wildman–Crippen LogP) is 4.92. The molecule has 0 saturated heterocycles. The molecule has 0 saturated carbocycles. The normalized spacial score (nSPS) is 11.5. The van der Waals surface area contributed by atoms with E-state index in [4.69, 9.17) is 5.11 Å². The van der Waals surface area contributed by atoms with Gasteiger partial charge in [-0.25, -0.2) is 4.79 Å². The van der Waals surface area contributed by atoms with E-state index >= 15 is 0 Å². The van der Waals surface area contributed by atoms with Gasteiger partial charge < -0.3 is 10.4 Å². The Morgan fingerprint density at radius 3 is 1.74 bits per heavy atom. The highest BCUT2D eigenvalue weighted by Gasteiger charge is 2.37. The lowest BCUT2D eigenvalue weighted by molar-refractivity contribution is -0.131. The standard InChI is InChI=1S/C26H23N3O2/c1-29-25(20(19-27-29)17-18-24(30)31)28-26(21-11-5-2-6-12-21,22-13-7-3-8-14-22)23-15-9-4-10-16-23/h2-19,28H,1H3,(H,30,31). The maximum atomic E-state index is 11.1. The van der Waals surface area contributed by atoms with Gasteiger partial charge in [-0.15, -0.1) is 0 Å². The van der Waals surface area contributed by atoms with E-state index in [9.17, 15) is 4.79 Å². The van der Waals surface area contributed by atoms with Crippen molar-refractivity contribution in [3.8, 4) is 0 Å². The van der Waals surface area contributed by atoms with Crippen LogP contribution < -0.4 is 5.32 Å². The smallest absolute Gasteiger partial charge is 0.328 e. The summed E-state index contributed by atoms with van der Waals surface area (Å²) in [6.45, 7) is 0. The van der Waals surface area contributed by atoms with Crippen LogP contribution in [0.1, 0.15) is 22.3 Å². The molecule has 0 fully saturated rings. The van der Waals surface area contributed by atoms with Crippen molar-refractivity contribution in [2.24, 2.45) is 7.05 Å². The molecular formula is C26H23N3O2. The number of aryl methyl sites for hydroxylation is 1. The number of aromatic nitrogens is 2. The Kier molecular flexibility index (Phi) is 5.67. The van der Waals surface area contributed by atoms with Crippen molar-refractivity contribution in [1.82, 2.24) is 9.78 Å². The zero-order chi connectivity index (χ0) is 21.7. The molecule has 5 heteroatoms. The summed E-state index contributed by atoms with van der Waals surface area (Å²) >= 11 is 0. The number of carboxylic acids is 1. The summed E-state index contributed by atoms with van der Waals surface area (Å²) < 4.78 is 1.73. The molecule has 2 N–H and O–H groups in total. The van der Waals surface area contributed by atoms with Crippen molar-refractivity contribution in [2.45, 2.75) is 5.54 Å². The van der Waals surface area contributed by atoms with E-state index in [2.05, 4.69) is 46.8 Å². The molecular weight excluding hydrogens is 386 g/mol. The van der Waals surface area contributed by atoms with Gasteiger partial charge >= 0.3 is 5.97 Å². The number of hydrogen-bond acceptors (Lipinski definition) is 3. The van der Waals surface area contributed by atoms with E-state index in [1.54, 1.807) is 17.0 Å². The van der Waals surface area contributed by atoms with Crippen LogP contribution in [0.5, 0.6) is 0 Å². The zero-order valence-electron chi connectivity index (χ0n) is 17.1. The number of anilines is 1. The fourth-order valence-corrected chi connectivity index (χ4v) is 3.85. The molecule has 4 aromatic rings. The molecule has 154 valence electrons. The van der Waals surface area contributed by atoms with Crippen molar-refractivity contribution in [3.63, 3.8) is 0 Å². The molecule has 3 aromatic carbocycles. The minimum Gasteiger partial charge on any atom is -0.478 e. The molecule has 0 aliphatic rings. The largest absolute Gasteiger partial charge is 0.478 e. The fourth-order valence-electron chi connectivity index (χ4n) is 3.85. The molecule has 0 spiro atoms. The van der Waals surface area contributed by atoms with Crippen LogP contribution in [0.3, 0.4) is 0 Å². The van der Waals surface area contributed by atoms with Crippen LogP contribution in [0, 0.1) is 0 Å². The van der Waals surface area contributed by atoms with Crippen molar-refractivity contribution in [3.05, 3.63) is 126 Å². The van der Waals surface area contributed by atoms with Crippen LogP contribution >= 0.6 is 0 Å². The van der Waals surface area contributed by atoms with Crippen LogP contribution in [0.15, 0.2) is 103 Å². The molecule has 0 bridgehead atoms. The Bertz CT molecular complexity index is 1090. The second kappa shape index (κ2) is 8.71. The van der Waals surface area contributed by atoms with Crippen LogP contribution in [-0.2, 0) is 17.4 Å². The fraction of sp³-hybridized carbons (Fsp3) is 0.0769. The number of nitrogens with zero attached hydrogens (tertiary/aromatic N) is 2. The zero-order valence-corrected chi connectivity index (χ0v) is 17.1. The molecule has 0 amide bonds. The third-order valence-corrected chi connectivity index (χ3v) is 5.30. The third kappa shape index (κ3) is 3.98. The molecule has 0 aliphatic heterocycles. The molecule has 5 nitrogen and oxygen atoms in total. The monoisotopic (exact) mass is 409 g/mol. The van der Waals surface area contributed by atoms with Gasteiger partial charge in [-0.2, -0.15) is 5.10 Å². The summed E-state index contributed by atoms with van der Waals surface area (Å²) in [5.41, 5.74) is 3.14. The van der Waals surface area contributed by atoms with Crippen molar-refractivity contribution in [2.75, 3.05) is 5.32 Å². The average molecular weight is 409 g/mol. The highest BCUT2D eigenvalue weighted by atomic mass is 16.4. The van der Waals surface area contributed by atoms with E-state index in [1.807, 2.05) is 61.6 Å². The first-order valence-electron chi connectivity index (χ1n) is 9.99. The van der Waals surface area contributed by atoms with Gasteiger partial charge in [-0.05, 0) is 22.8 Å². The number of benzene rings is 3. The predicted molar refractivity (Wildman–Crippen MR) is 123 cm³/mol. The van der Waals surface area contributed by atoms with Gasteiger partial charge in [0.05, 0.1) is 6.20 Å². The Morgan fingerprint density at radius 1 is 0.871 bits per heavy atom. The van der Waals surface area contributed by atoms with Crippen LogP contribution in [0.4, 0.5) is 5.82 Å². The SMILES string of the molecule is Cn1ncc(C=CC(=O)O)c1NC(c1ccccc1)(c1ccccc1)c1ccccc1. The summed E-state index contributed by atoms with van der Waals surface area (Å²) in [5.74, 6) is -0.288. The lowest BCUT2D eigenvalue weighted by atomic mass is 9.77. The van der Waals surface area contributed by atoms with Crippen LogP contribution in [0.2, 0.25) is 0 Å². The molecule has 31 heavy (non-hydrogen) atoms. The van der Waals surface area contributed by atoms with Gasteiger partial charge in [-0.1, -0.05) is 91.0 Å². The first kappa shape index (κ1) is 20.2. The number of rotatable bonds is 7. The van der Waals surface area contributed by atoms with Gasteiger partial charge in [0.1, 0.15) is 11.4 Å². The van der Waals surface area contributed by atoms with Crippen molar-refractivity contribution < 1.29 is 9.90 Å². The topological polar surface area (TPSA) is 67.2 Å². The van der Waals surface area contributed by atoms with Gasteiger partial charge in [0.25, 0.3) is 0 Å². The first-order valence-corrected chi connectivity index (χ1v) is 9.99. The van der Waals surface area contributed by atoms with Gasteiger partial charge in [0.2, 0.25) is 0 Å². The third-order valence-electron chi connectivity index (χ3n) is 5.30. The molecule has 1 heterocycles. The summed E-state index contributed by atoms with van der Waals surface area (Å²) in [5, 5.41) is 17.2. The quantitative estimate of drug-likeness (QED) is 0.336. The van der Waals surface area contributed by atoms with Crippen LogP contribution in [0.25, 0.3) is 6.08 Å². The Hall–Kier alpha value is -4.12. The summed E-state index contributed by atoms with van der Waals surface area (Å²) in [4.78, 5) is 11.1. The summed E-state index contributed by atoms with van der Waals surface area (Å²) in [7, 11) is 1.84. The van der Waals surface area contributed by atoms with E-state index in [0.29, 0.717) is 11.4 Å². The number of carbonyl (C=O) groups is 1. The van der Waals surface area contributed by atoms with Crippen molar-refractivity contribution in [1.29, 1.82) is 0 Å². The van der Waals surface area contributed by atoms with Gasteiger partial charge in [-0.3, -0.25) is 4.68 Å². The number of hydrogen-bond donors (Lipinski definition) is 2. The van der Waals surface area contributed by atoms with Crippen molar-refractivity contribution >= 4 is 17.9 Å². The maximum Gasteiger partial charge on any atom is 0.328 e. The molecule has 1 aromatic heterocycles. The van der Waals surface area contributed by atoms with E-state index in [1.165, 1.54) is 0 Å². The lowest BCUT2D eigenvalue weighted by Crippen LogP contribution is -2.39. The number of carboxylic acid groups (broad SMARTS) is 1. The van der Waals surface area contributed by atoms with Gasteiger partial charge in [0.15, 0.2) is 0 Å². The minimum absolute atomic E-state index is 0.692.